The second-order valence-corrected chi connectivity index (χ2v) is 2.65. The van der Waals surface area contributed by atoms with Crippen molar-refractivity contribution in [2.75, 3.05) is 20.3 Å². The van der Waals surface area contributed by atoms with Crippen LogP contribution in [0.2, 0.25) is 0 Å². The SMILES string of the molecule is CCC(C#N)(CO)CCOC. The Hall–Kier alpha value is -0.590. The van der Waals surface area contributed by atoms with E-state index in [1.54, 1.807) is 7.11 Å². The van der Waals surface area contributed by atoms with Gasteiger partial charge in [0.1, 0.15) is 0 Å². The lowest BCUT2D eigenvalue weighted by Crippen LogP contribution is -2.24. The fourth-order valence-electron chi connectivity index (χ4n) is 0.835. The number of hydrogen-bond acceptors (Lipinski definition) is 3. The van der Waals surface area contributed by atoms with Gasteiger partial charge in [0.25, 0.3) is 0 Å². The molecular weight excluding hydrogens is 142 g/mol. The number of nitrogens with zero attached hydrogens (tertiary/aromatic N) is 1. The molecule has 0 aromatic heterocycles. The van der Waals surface area contributed by atoms with Crippen LogP contribution in [0.5, 0.6) is 0 Å². The van der Waals surface area contributed by atoms with E-state index in [1.165, 1.54) is 0 Å². The van der Waals surface area contributed by atoms with Crippen LogP contribution < -0.4 is 0 Å². The Bertz CT molecular complexity index is 136. The summed E-state index contributed by atoms with van der Waals surface area (Å²) < 4.78 is 4.84. The molecular formula is C8H15NO2. The van der Waals surface area contributed by atoms with Gasteiger partial charge >= 0.3 is 0 Å². The third-order valence-electron chi connectivity index (χ3n) is 2.00. The van der Waals surface area contributed by atoms with Crippen molar-refractivity contribution < 1.29 is 9.84 Å². The smallest absolute Gasteiger partial charge is 0.0823 e. The van der Waals surface area contributed by atoms with Gasteiger partial charge < -0.3 is 9.84 Å². The Morgan fingerprint density at radius 2 is 2.27 bits per heavy atom. The van der Waals surface area contributed by atoms with Gasteiger partial charge in [0.15, 0.2) is 0 Å². The molecule has 1 atom stereocenters. The molecule has 0 fully saturated rings. The number of nitriles is 1. The molecule has 0 rings (SSSR count). The summed E-state index contributed by atoms with van der Waals surface area (Å²) in [5.41, 5.74) is -0.587. The summed E-state index contributed by atoms with van der Waals surface area (Å²) in [6.45, 7) is 2.35. The summed E-state index contributed by atoms with van der Waals surface area (Å²) >= 11 is 0. The fourth-order valence-corrected chi connectivity index (χ4v) is 0.835. The second-order valence-electron chi connectivity index (χ2n) is 2.65. The van der Waals surface area contributed by atoms with Crippen LogP contribution in [0.3, 0.4) is 0 Å². The number of rotatable bonds is 5. The summed E-state index contributed by atoms with van der Waals surface area (Å²) in [7, 11) is 1.59. The van der Waals surface area contributed by atoms with Crippen LogP contribution in [0, 0.1) is 16.7 Å². The van der Waals surface area contributed by atoms with Gasteiger partial charge in [0, 0.05) is 13.7 Å². The topological polar surface area (TPSA) is 53.2 Å². The predicted octanol–water partition coefficient (Wildman–Crippen LogP) is 0.935. The van der Waals surface area contributed by atoms with E-state index >= 15 is 0 Å². The molecule has 0 spiro atoms. The molecule has 0 saturated carbocycles. The average molecular weight is 157 g/mol. The Kier molecular flexibility index (Phi) is 4.84. The summed E-state index contributed by atoms with van der Waals surface area (Å²) in [4.78, 5) is 0. The lowest BCUT2D eigenvalue weighted by Gasteiger charge is -2.21. The lowest BCUT2D eigenvalue weighted by atomic mass is 9.85. The largest absolute Gasteiger partial charge is 0.395 e. The minimum absolute atomic E-state index is 0.0800. The highest BCUT2D eigenvalue weighted by molar-refractivity contribution is 4.97. The van der Waals surface area contributed by atoms with Gasteiger partial charge in [-0.15, -0.1) is 0 Å². The molecule has 64 valence electrons. The molecule has 0 bridgehead atoms. The van der Waals surface area contributed by atoms with Crippen molar-refractivity contribution in [2.24, 2.45) is 5.41 Å². The molecule has 1 N–H and O–H groups in total. The minimum Gasteiger partial charge on any atom is -0.395 e. The highest BCUT2D eigenvalue weighted by atomic mass is 16.5. The van der Waals surface area contributed by atoms with E-state index < -0.39 is 5.41 Å². The van der Waals surface area contributed by atoms with Crippen LogP contribution in [-0.4, -0.2) is 25.4 Å². The van der Waals surface area contributed by atoms with Gasteiger partial charge in [-0.1, -0.05) is 6.92 Å². The van der Waals surface area contributed by atoms with E-state index in [1.807, 2.05) is 6.92 Å². The zero-order valence-electron chi connectivity index (χ0n) is 7.13. The Morgan fingerprint density at radius 1 is 1.64 bits per heavy atom. The summed E-state index contributed by atoms with van der Waals surface area (Å²) in [5, 5.41) is 17.7. The van der Waals surface area contributed by atoms with E-state index in [0.717, 1.165) is 0 Å². The van der Waals surface area contributed by atoms with Gasteiger partial charge in [-0.2, -0.15) is 5.26 Å². The number of hydrogen-bond donors (Lipinski definition) is 1. The van der Waals surface area contributed by atoms with Crippen LogP contribution in [-0.2, 0) is 4.74 Å². The van der Waals surface area contributed by atoms with Crippen molar-refractivity contribution in [3.63, 3.8) is 0 Å². The minimum atomic E-state index is -0.587. The summed E-state index contributed by atoms with van der Waals surface area (Å²) in [6, 6.07) is 2.12. The molecule has 0 aromatic rings. The number of ether oxygens (including phenoxy) is 1. The van der Waals surface area contributed by atoms with E-state index in [4.69, 9.17) is 15.1 Å². The molecule has 3 nitrogen and oxygen atoms in total. The van der Waals surface area contributed by atoms with Crippen LogP contribution in [0.4, 0.5) is 0 Å². The molecule has 1 unspecified atom stereocenters. The molecule has 11 heavy (non-hydrogen) atoms. The van der Waals surface area contributed by atoms with Crippen molar-refractivity contribution in [3.8, 4) is 6.07 Å². The number of aliphatic hydroxyl groups excluding tert-OH is 1. The molecule has 0 saturated heterocycles. The highest BCUT2D eigenvalue weighted by Crippen LogP contribution is 2.24. The van der Waals surface area contributed by atoms with Gasteiger partial charge in [-0.3, -0.25) is 0 Å². The first-order valence-corrected chi connectivity index (χ1v) is 3.75. The van der Waals surface area contributed by atoms with Crippen molar-refractivity contribution in [1.29, 1.82) is 5.26 Å². The zero-order chi connectivity index (χ0) is 8.74. The maximum atomic E-state index is 8.93. The Balaban J connectivity index is 3.97. The Morgan fingerprint density at radius 3 is 2.55 bits per heavy atom. The summed E-state index contributed by atoms with van der Waals surface area (Å²) in [6.07, 6.45) is 1.27. The monoisotopic (exact) mass is 157 g/mol. The van der Waals surface area contributed by atoms with Crippen LogP contribution in [0.1, 0.15) is 19.8 Å². The van der Waals surface area contributed by atoms with Gasteiger partial charge in [-0.25, -0.2) is 0 Å². The highest BCUT2D eigenvalue weighted by Gasteiger charge is 2.26. The van der Waals surface area contributed by atoms with Gasteiger partial charge in [0.05, 0.1) is 18.1 Å². The molecule has 0 amide bonds. The quantitative estimate of drug-likeness (QED) is 0.646. The van der Waals surface area contributed by atoms with Crippen molar-refractivity contribution in [2.45, 2.75) is 19.8 Å². The van der Waals surface area contributed by atoms with Crippen LogP contribution in [0.15, 0.2) is 0 Å². The standard InChI is InChI=1S/C8H15NO2/c1-3-8(6-9,7-10)4-5-11-2/h10H,3-5,7H2,1-2H3. The molecule has 0 aliphatic heterocycles. The van der Waals surface area contributed by atoms with E-state index in [9.17, 15) is 0 Å². The first-order valence-electron chi connectivity index (χ1n) is 3.75. The third-order valence-corrected chi connectivity index (χ3v) is 2.00. The molecule has 3 heteroatoms. The van der Waals surface area contributed by atoms with E-state index in [-0.39, 0.29) is 6.61 Å². The maximum Gasteiger partial charge on any atom is 0.0823 e. The lowest BCUT2D eigenvalue weighted by molar-refractivity contribution is 0.110. The molecule has 0 aromatic carbocycles. The summed E-state index contributed by atoms with van der Waals surface area (Å²) in [5.74, 6) is 0. The second kappa shape index (κ2) is 5.11. The Labute approximate surface area is 67.6 Å². The fraction of sp³-hybridized carbons (Fsp3) is 0.875. The molecule has 0 radical (unpaired) electrons. The van der Waals surface area contributed by atoms with E-state index in [0.29, 0.717) is 19.4 Å². The van der Waals surface area contributed by atoms with Crippen LogP contribution >= 0.6 is 0 Å². The number of aliphatic hydroxyl groups is 1. The predicted molar refractivity (Wildman–Crippen MR) is 41.9 cm³/mol. The molecule has 0 aliphatic rings. The third kappa shape index (κ3) is 2.87. The van der Waals surface area contributed by atoms with Crippen LogP contribution in [0.25, 0.3) is 0 Å². The normalized spacial score (nSPS) is 15.5. The van der Waals surface area contributed by atoms with Crippen molar-refractivity contribution in [3.05, 3.63) is 0 Å². The van der Waals surface area contributed by atoms with Gasteiger partial charge in [-0.05, 0) is 12.8 Å². The van der Waals surface area contributed by atoms with Crippen molar-refractivity contribution >= 4 is 0 Å². The zero-order valence-corrected chi connectivity index (χ0v) is 7.13. The van der Waals surface area contributed by atoms with E-state index in [2.05, 4.69) is 6.07 Å². The van der Waals surface area contributed by atoms with Crippen molar-refractivity contribution in [1.82, 2.24) is 0 Å². The maximum absolute atomic E-state index is 8.93. The molecule has 0 aliphatic carbocycles. The van der Waals surface area contributed by atoms with Gasteiger partial charge in [0.2, 0.25) is 0 Å². The first kappa shape index (κ1) is 10.4. The first-order chi connectivity index (χ1) is 5.24. The average Bonchev–Trinajstić information content (AvgIpc) is 2.08. The number of methoxy groups -OCH3 is 1. The molecule has 0 heterocycles.